The SMILES string of the molecule is Cc1ccc(S(=O)(=O)NNC=C=Cc2ccccc2)cc1. The number of hydrogen-bond donors (Lipinski definition) is 2. The Morgan fingerprint density at radius 2 is 1.67 bits per heavy atom. The summed E-state index contributed by atoms with van der Waals surface area (Å²) in [6, 6.07) is 16.2. The van der Waals surface area contributed by atoms with E-state index in [0.717, 1.165) is 11.1 Å². The number of hydrazine groups is 1. The average Bonchev–Trinajstić information content (AvgIpc) is 2.48. The van der Waals surface area contributed by atoms with Gasteiger partial charge in [0.25, 0.3) is 10.0 Å². The summed E-state index contributed by atoms with van der Waals surface area (Å²) in [5, 5.41) is 0. The second-order valence-electron chi connectivity index (χ2n) is 4.43. The Morgan fingerprint density at radius 3 is 2.33 bits per heavy atom. The Hall–Kier alpha value is -2.33. The van der Waals surface area contributed by atoms with Gasteiger partial charge in [0.15, 0.2) is 0 Å². The van der Waals surface area contributed by atoms with Crippen molar-refractivity contribution < 1.29 is 8.42 Å². The Balaban J connectivity index is 1.96. The van der Waals surface area contributed by atoms with Gasteiger partial charge in [0.1, 0.15) is 0 Å². The third-order valence-electron chi connectivity index (χ3n) is 2.73. The van der Waals surface area contributed by atoms with Crippen molar-refractivity contribution in [2.75, 3.05) is 0 Å². The summed E-state index contributed by atoms with van der Waals surface area (Å²) in [5.74, 6) is 0. The van der Waals surface area contributed by atoms with E-state index < -0.39 is 10.0 Å². The van der Waals surface area contributed by atoms with Crippen molar-refractivity contribution in [3.8, 4) is 0 Å². The van der Waals surface area contributed by atoms with Gasteiger partial charge < -0.3 is 5.43 Å². The van der Waals surface area contributed by atoms with Crippen molar-refractivity contribution in [1.29, 1.82) is 0 Å². The molecule has 0 atom stereocenters. The fourth-order valence-corrected chi connectivity index (χ4v) is 2.44. The van der Waals surface area contributed by atoms with Crippen molar-refractivity contribution >= 4 is 16.1 Å². The molecule has 4 nitrogen and oxygen atoms in total. The fraction of sp³-hybridized carbons (Fsp3) is 0.0625. The van der Waals surface area contributed by atoms with E-state index in [-0.39, 0.29) is 4.90 Å². The molecule has 0 fully saturated rings. The molecule has 0 bridgehead atoms. The molecule has 2 rings (SSSR count). The number of rotatable bonds is 5. The van der Waals surface area contributed by atoms with Crippen LogP contribution >= 0.6 is 0 Å². The van der Waals surface area contributed by atoms with E-state index in [9.17, 15) is 8.42 Å². The second kappa shape index (κ2) is 6.90. The molecule has 0 saturated carbocycles. The minimum absolute atomic E-state index is 0.209. The van der Waals surface area contributed by atoms with Gasteiger partial charge in [-0.15, -0.1) is 10.6 Å². The number of aryl methyl sites for hydroxylation is 1. The third-order valence-corrected chi connectivity index (χ3v) is 4.01. The van der Waals surface area contributed by atoms with Crippen molar-refractivity contribution in [1.82, 2.24) is 10.3 Å². The van der Waals surface area contributed by atoms with E-state index >= 15 is 0 Å². The van der Waals surface area contributed by atoms with Crippen LogP contribution < -0.4 is 10.3 Å². The molecule has 0 saturated heterocycles. The summed E-state index contributed by atoms with van der Waals surface area (Å²) in [4.78, 5) is 2.47. The van der Waals surface area contributed by atoms with Crippen LogP contribution in [-0.2, 0) is 10.0 Å². The van der Waals surface area contributed by atoms with Crippen LogP contribution in [0.1, 0.15) is 11.1 Å². The summed E-state index contributed by atoms with van der Waals surface area (Å²) in [5.41, 5.74) is 7.34. The zero-order valence-electron chi connectivity index (χ0n) is 11.6. The minimum atomic E-state index is -3.57. The molecule has 0 amide bonds. The first-order valence-electron chi connectivity index (χ1n) is 6.38. The molecule has 0 aliphatic heterocycles. The predicted octanol–water partition coefficient (Wildman–Crippen LogP) is 2.60. The largest absolute Gasteiger partial charge is 0.307 e. The maximum atomic E-state index is 11.9. The highest BCUT2D eigenvalue weighted by Gasteiger charge is 2.11. The van der Waals surface area contributed by atoms with Crippen LogP contribution in [0.2, 0.25) is 0 Å². The van der Waals surface area contributed by atoms with E-state index in [2.05, 4.69) is 16.0 Å². The standard InChI is InChI=1S/C16H16N2O2S/c1-14-9-11-16(12-10-14)21(19,20)18-17-13-5-8-15-6-3-2-4-7-15/h2-4,6-13,17-18H,1H3. The quantitative estimate of drug-likeness (QED) is 0.659. The lowest BCUT2D eigenvalue weighted by Crippen LogP contribution is -2.33. The smallest absolute Gasteiger partial charge is 0.257 e. The Kier molecular flexibility index (Phi) is 4.95. The Bertz CT molecular complexity index is 745. The van der Waals surface area contributed by atoms with Gasteiger partial charge in [0, 0.05) is 0 Å². The molecule has 0 aliphatic carbocycles. The highest BCUT2D eigenvalue weighted by Crippen LogP contribution is 2.08. The number of sulfonamides is 1. The van der Waals surface area contributed by atoms with Gasteiger partial charge in [-0.1, -0.05) is 48.0 Å². The van der Waals surface area contributed by atoms with E-state index in [0.29, 0.717) is 0 Å². The van der Waals surface area contributed by atoms with E-state index in [1.165, 1.54) is 6.20 Å². The topological polar surface area (TPSA) is 58.2 Å². The normalized spacial score (nSPS) is 10.5. The van der Waals surface area contributed by atoms with Crippen LogP contribution in [0.5, 0.6) is 0 Å². The minimum Gasteiger partial charge on any atom is -0.307 e. The number of nitrogens with one attached hydrogen (secondary N) is 2. The zero-order valence-corrected chi connectivity index (χ0v) is 12.4. The molecule has 0 aliphatic rings. The van der Waals surface area contributed by atoms with Gasteiger partial charge in [-0.3, -0.25) is 0 Å². The van der Waals surface area contributed by atoms with Crippen LogP contribution in [-0.4, -0.2) is 8.42 Å². The molecule has 0 radical (unpaired) electrons. The zero-order chi connectivity index (χ0) is 15.1. The Labute approximate surface area is 124 Å². The first-order valence-corrected chi connectivity index (χ1v) is 7.86. The maximum Gasteiger partial charge on any atom is 0.257 e. The maximum absolute atomic E-state index is 11.9. The van der Waals surface area contributed by atoms with Crippen LogP contribution in [0.3, 0.4) is 0 Å². The lowest BCUT2D eigenvalue weighted by molar-refractivity contribution is 0.574. The molecule has 0 spiro atoms. The molecule has 0 heterocycles. The summed E-state index contributed by atoms with van der Waals surface area (Å²) < 4.78 is 23.9. The lowest BCUT2D eigenvalue weighted by Gasteiger charge is -2.05. The first-order chi connectivity index (χ1) is 10.1. The van der Waals surface area contributed by atoms with Crippen molar-refractivity contribution in [3.63, 3.8) is 0 Å². The highest BCUT2D eigenvalue weighted by atomic mass is 32.2. The van der Waals surface area contributed by atoms with Gasteiger partial charge in [0.05, 0.1) is 11.1 Å². The molecule has 108 valence electrons. The molecule has 2 aromatic rings. The van der Waals surface area contributed by atoms with Gasteiger partial charge in [-0.05, 0) is 30.7 Å². The van der Waals surface area contributed by atoms with Crippen LogP contribution in [0, 0.1) is 6.92 Å². The Morgan fingerprint density at radius 1 is 1.00 bits per heavy atom. The fourth-order valence-electron chi connectivity index (χ4n) is 1.61. The van der Waals surface area contributed by atoms with Crippen molar-refractivity contribution in [3.05, 3.63) is 77.7 Å². The molecule has 5 heteroatoms. The van der Waals surface area contributed by atoms with Gasteiger partial charge in [-0.25, -0.2) is 8.42 Å². The van der Waals surface area contributed by atoms with E-state index in [1.54, 1.807) is 30.3 Å². The van der Waals surface area contributed by atoms with E-state index in [4.69, 9.17) is 0 Å². The molecular formula is C16H16N2O2S. The number of benzene rings is 2. The van der Waals surface area contributed by atoms with Crippen molar-refractivity contribution in [2.24, 2.45) is 0 Å². The molecule has 2 N–H and O–H groups in total. The van der Waals surface area contributed by atoms with Crippen LogP contribution in [0.15, 0.2) is 71.4 Å². The van der Waals surface area contributed by atoms with Crippen LogP contribution in [0.4, 0.5) is 0 Å². The van der Waals surface area contributed by atoms with Gasteiger partial charge in [-0.2, -0.15) is 0 Å². The molecule has 0 aromatic heterocycles. The average molecular weight is 300 g/mol. The summed E-state index contributed by atoms with van der Waals surface area (Å²) in [6.45, 7) is 1.90. The predicted molar refractivity (Wildman–Crippen MR) is 83.6 cm³/mol. The summed E-state index contributed by atoms with van der Waals surface area (Å²) >= 11 is 0. The van der Waals surface area contributed by atoms with Crippen LogP contribution in [0.25, 0.3) is 6.08 Å². The molecular weight excluding hydrogens is 284 g/mol. The summed E-state index contributed by atoms with van der Waals surface area (Å²) in [6.07, 6.45) is 3.14. The second-order valence-corrected chi connectivity index (χ2v) is 6.11. The monoisotopic (exact) mass is 300 g/mol. The summed E-state index contributed by atoms with van der Waals surface area (Å²) in [7, 11) is -3.57. The molecule has 21 heavy (non-hydrogen) atoms. The van der Waals surface area contributed by atoms with E-state index in [1.807, 2.05) is 37.3 Å². The van der Waals surface area contributed by atoms with Gasteiger partial charge in [0.2, 0.25) is 0 Å². The molecule has 0 unspecified atom stereocenters. The van der Waals surface area contributed by atoms with Gasteiger partial charge >= 0.3 is 0 Å². The highest BCUT2D eigenvalue weighted by molar-refractivity contribution is 7.89. The number of hydrogen-bond acceptors (Lipinski definition) is 3. The molecule has 2 aromatic carbocycles. The third kappa shape index (κ3) is 4.61. The lowest BCUT2D eigenvalue weighted by atomic mass is 10.2. The first kappa shape index (κ1) is 15.1. The van der Waals surface area contributed by atoms with Crippen molar-refractivity contribution in [2.45, 2.75) is 11.8 Å².